The molecule has 2 aromatic rings. The summed E-state index contributed by atoms with van der Waals surface area (Å²) in [6, 6.07) is 12.3. The minimum atomic E-state index is 0.00954. The number of ketones is 1. The smallest absolute Gasteiger partial charge is 0.163 e. The fraction of sp³-hybridized carbons (Fsp3) is 0.458. The van der Waals surface area contributed by atoms with Crippen LogP contribution in [0.4, 0.5) is 0 Å². The van der Waals surface area contributed by atoms with Gasteiger partial charge in [-0.25, -0.2) is 0 Å². The highest BCUT2D eigenvalue weighted by molar-refractivity contribution is 7.99. The highest BCUT2D eigenvalue weighted by Gasteiger charge is 2.20. The van der Waals surface area contributed by atoms with Gasteiger partial charge in [-0.3, -0.25) is 4.79 Å². The van der Waals surface area contributed by atoms with Crippen LogP contribution in [0.5, 0.6) is 0 Å². The van der Waals surface area contributed by atoms with Gasteiger partial charge in [0.1, 0.15) is 0 Å². The Balaban J connectivity index is 1.77. The Morgan fingerprint density at radius 3 is 2.46 bits per heavy atom. The van der Waals surface area contributed by atoms with Crippen LogP contribution in [0.2, 0.25) is 5.02 Å². The number of rotatable bonds is 5. The molecular formula is C24H30ClNOS. The fourth-order valence-corrected chi connectivity index (χ4v) is 5.12. The van der Waals surface area contributed by atoms with E-state index in [0.29, 0.717) is 6.42 Å². The van der Waals surface area contributed by atoms with E-state index in [4.69, 9.17) is 11.6 Å². The van der Waals surface area contributed by atoms with E-state index < -0.39 is 0 Å². The molecule has 3 rings (SSSR count). The number of carbonyl (C=O) groups is 1. The van der Waals surface area contributed by atoms with Gasteiger partial charge in [-0.1, -0.05) is 62.7 Å². The molecule has 0 saturated heterocycles. The molecule has 1 heterocycles. The lowest BCUT2D eigenvalue weighted by Gasteiger charge is -2.19. The van der Waals surface area contributed by atoms with Gasteiger partial charge >= 0.3 is 0 Å². The minimum Gasteiger partial charge on any atom is -0.316 e. The van der Waals surface area contributed by atoms with Gasteiger partial charge < -0.3 is 5.32 Å². The molecule has 150 valence electrons. The Kier molecular flexibility index (Phi) is 6.90. The predicted octanol–water partition coefficient (Wildman–Crippen LogP) is 6.50. The topological polar surface area (TPSA) is 29.1 Å². The Bertz CT molecular complexity index is 839. The number of carbonyl (C=O) groups excluding carboxylic acids is 1. The van der Waals surface area contributed by atoms with Crippen LogP contribution in [0, 0.1) is 5.41 Å². The molecule has 0 radical (unpaired) electrons. The molecular weight excluding hydrogens is 386 g/mol. The summed E-state index contributed by atoms with van der Waals surface area (Å²) in [6.45, 7) is 10.5. The van der Waals surface area contributed by atoms with Crippen molar-refractivity contribution in [3.63, 3.8) is 0 Å². The maximum atomic E-state index is 12.4. The first-order chi connectivity index (χ1) is 13.2. The van der Waals surface area contributed by atoms with Crippen molar-refractivity contribution in [2.24, 2.45) is 5.41 Å². The molecule has 0 bridgehead atoms. The van der Waals surface area contributed by atoms with E-state index in [1.54, 1.807) is 0 Å². The molecule has 1 aliphatic heterocycles. The number of nitrogens with one attached hydrogen (secondary N) is 1. The minimum absolute atomic E-state index is 0.00954. The van der Waals surface area contributed by atoms with Crippen molar-refractivity contribution in [3.05, 3.63) is 63.7 Å². The third-order valence-electron chi connectivity index (χ3n) is 5.12. The molecule has 0 aromatic heterocycles. The first-order valence-electron chi connectivity index (χ1n) is 10.1. The molecule has 4 heteroatoms. The van der Waals surface area contributed by atoms with E-state index in [1.165, 1.54) is 21.6 Å². The van der Waals surface area contributed by atoms with Gasteiger partial charge in [-0.15, -0.1) is 11.8 Å². The molecule has 1 atom stereocenters. The lowest BCUT2D eigenvalue weighted by atomic mass is 9.88. The summed E-state index contributed by atoms with van der Waals surface area (Å²) < 4.78 is 0. The van der Waals surface area contributed by atoms with E-state index in [9.17, 15) is 4.79 Å². The summed E-state index contributed by atoms with van der Waals surface area (Å²) in [6.07, 6.45) is 2.64. The molecule has 0 amide bonds. The first kappa shape index (κ1) is 21.4. The first-order valence-corrected chi connectivity index (χ1v) is 11.3. The summed E-state index contributed by atoms with van der Waals surface area (Å²) in [5.41, 5.74) is 4.83. The average Bonchev–Trinajstić information content (AvgIpc) is 2.88. The number of thioether (sulfide) groups is 1. The SMILES string of the molecule is CC(Sc1c(Cl)ccc2c1CCNCC2)c1ccc(C(=O)CC(C)(C)C)cc1. The zero-order valence-electron chi connectivity index (χ0n) is 17.3. The number of fused-ring (bicyclic) bond motifs is 1. The monoisotopic (exact) mass is 415 g/mol. The Morgan fingerprint density at radius 1 is 1.11 bits per heavy atom. The summed E-state index contributed by atoms with van der Waals surface area (Å²) in [7, 11) is 0. The summed E-state index contributed by atoms with van der Waals surface area (Å²) >= 11 is 8.42. The van der Waals surface area contributed by atoms with Crippen LogP contribution in [-0.4, -0.2) is 18.9 Å². The van der Waals surface area contributed by atoms with Gasteiger partial charge in [0.2, 0.25) is 0 Å². The van der Waals surface area contributed by atoms with Crippen molar-refractivity contribution in [2.45, 2.75) is 57.1 Å². The third kappa shape index (κ3) is 5.40. The molecule has 2 nitrogen and oxygen atoms in total. The van der Waals surface area contributed by atoms with E-state index in [-0.39, 0.29) is 16.4 Å². The summed E-state index contributed by atoms with van der Waals surface area (Å²) in [5.74, 6) is 0.211. The maximum Gasteiger partial charge on any atom is 0.163 e. The molecule has 0 spiro atoms. The number of halogens is 1. The van der Waals surface area contributed by atoms with Gasteiger partial charge in [-0.2, -0.15) is 0 Å². The van der Waals surface area contributed by atoms with Crippen molar-refractivity contribution in [2.75, 3.05) is 13.1 Å². The maximum absolute atomic E-state index is 12.4. The molecule has 28 heavy (non-hydrogen) atoms. The van der Waals surface area contributed by atoms with Crippen molar-refractivity contribution >= 4 is 29.1 Å². The number of hydrogen-bond acceptors (Lipinski definition) is 3. The van der Waals surface area contributed by atoms with Crippen LogP contribution < -0.4 is 5.32 Å². The number of Topliss-reactive ketones (excluding diaryl/α,β-unsaturated/α-hetero) is 1. The third-order valence-corrected chi connectivity index (χ3v) is 6.87. The fourth-order valence-electron chi connectivity index (χ4n) is 3.61. The molecule has 1 aliphatic rings. The number of hydrogen-bond donors (Lipinski definition) is 1. The quantitative estimate of drug-likeness (QED) is 0.446. The van der Waals surface area contributed by atoms with Crippen molar-refractivity contribution in [3.8, 4) is 0 Å². The van der Waals surface area contributed by atoms with E-state index >= 15 is 0 Å². The van der Waals surface area contributed by atoms with Crippen LogP contribution in [0.3, 0.4) is 0 Å². The standard InChI is InChI=1S/C24H30ClNOS/c1-16(17-5-7-19(8-6-17)22(27)15-24(2,3)4)28-23-20-12-14-26-13-11-18(20)9-10-21(23)25/h5-10,16,26H,11-15H2,1-4H3. The van der Waals surface area contributed by atoms with Gasteiger partial charge in [0.05, 0.1) is 5.02 Å². The summed E-state index contributed by atoms with van der Waals surface area (Å²) in [5, 5.41) is 4.59. The van der Waals surface area contributed by atoms with Crippen LogP contribution in [0.1, 0.15) is 66.4 Å². The summed E-state index contributed by atoms with van der Waals surface area (Å²) in [4.78, 5) is 13.7. The number of benzene rings is 2. The molecule has 0 aliphatic carbocycles. The van der Waals surface area contributed by atoms with E-state index in [0.717, 1.165) is 36.5 Å². The average molecular weight is 416 g/mol. The zero-order chi connectivity index (χ0) is 20.3. The van der Waals surface area contributed by atoms with Crippen LogP contribution in [0.25, 0.3) is 0 Å². The zero-order valence-corrected chi connectivity index (χ0v) is 18.8. The second-order valence-corrected chi connectivity index (χ2v) is 10.6. The Hall–Kier alpha value is -1.29. The van der Waals surface area contributed by atoms with Crippen LogP contribution in [0.15, 0.2) is 41.3 Å². The molecule has 1 N–H and O–H groups in total. The van der Waals surface area contributed by atoms with Crippen LogP contribution >= 0.6 is 23.4 Å². The van der Waals surface area contributed by atoms with Crippen molar-refractivity contribution < 1.29 is 4.79 Å². The van der Waals surface area contributed by atoms with Gasteiger partial charge in [0.15, 0.2) is 5.78 Å². The lowest BCUT2D eigenvalue weighted by Crippen LogP contribution is -2.16. The Labute approximate surface area is 178 Å². The largest absolute Gasteiger partial charge is 0.316 e. The molecule has 1 unspecified atom stereocenters. The predicted molar refractivity (Wildman–Crippen MR) is 121 cm³/mol. The normalized spacial score (nSPS) is 15.6. The second-order valence-electron chi connectivity index (χ2n) is 8.81. The van der Waals surface area contributed by atoms with Crippen molar-refractivity contribution in [1.29, 1.82) is 0 Å². The van der Waals surface area contributed by atoms with E-state index in [1.807, 2.05) is 30.0 Å². The highest BCUT2D eigenvalue weighted by Crippen LogP contribution is 2.42. The highest BCUT2D eigenvalue weighted by atomic mass is 35.5. The Morgan fingerprint density at radius 2 is 1.79 bits per heavy atom. The van der Waals surface area contributed by atoms with Gasteiger partial charge in [0.25, 0.3) is 0 Å². The van der Waals surface area contributed by atoms with E-state index in [2.05, 4.69) is 51.2 Å². The molecule has 2 aromatic carbocycles. The molecule has 0 fully saturated rings. The molecule has 0 saturated carbocycles. The lowest BCUT2D eigenvalue weighted by molar-refractivity contribution is 0.0940. The second kappa shape index (κ2) is 9.02. The van der Waals surface area contributed by atoms with Crippen molar-refractivity contribution in [1.82, 2.24) is 5.32 Å². The van der Waals surface area contributed by atoms with Gasteiger partial charge in [0, 0.05) is 22.1 Å². The van der Waals surface area contributed by atoms with Crippen LogP contribution in [-0.2, 0) is 12.8 Å². The van der Waals surface area contributed by atoms with Gasteiger partial charge in [-0.05, 0) is 61.0 Å².